The molecule has 1 aliphatic heterocycles. The van der Waals surface area contributed by atoms with Gasteiger partial charge in [-0.15, -0.1) is 0 Å². The molecule has 0 atom stereocenters. The summed E-state index contributed by atoms with van der Waals surface area (Å²) in [5.74, 6) is 0.840. The Morgan fingerprint density at radius 1 is 1.35 bits per heavy atom. The average molecular weight is 235 g/mol. The molecule has 1 aromatic rings. The van der Waals surface area contributed by atoms with Gasteiger partial charge in [0, 0.05) is 5.56 Å². The molecule has 1 aromatic carbocycles. The van der Waals surface area contributed by atoms with Gasteiger partial charge in [-0.05, 0) is 12.1 Å². The van der Waals surface area contributed by atoms with E-state index < -0.39 is 0 Å². The smallest absolute Gasteiger partial charge is 0.356 e. The fourth-order valence-corrected chi connectivity index (χ4v) is 1.62. The molecule has 1 aliphatic rings. The first-order valence-electron chi connectivity index (χ1n) is 5.10. The summed E-state index contributed by atoms with van der Waals surface area (Å²) in [6, 6.07) is 5.46. The van der Waals surface area contributed by atoms with Crippen LogP contribution in [0.15, 0.2) is 23.9 Å². The summed E-state index contributed by atoms with van der Waals surface area (Å²) in [6.45, 7) is 0.205. The van der Waals surface area contributed by atoms with E-state index in [9.17, 15) is 4.79 Å². The molecule has 17 heavy (non-hydrogen) atoms. The maximum atomic E-state index is 11.3. The largest absolute Gasteiger partial charge is 0.493 e. The minimum atomic E-state index is -0.366. The van der Waals surface area contributed by atoms with Gasteiger partial charge in [0.15, 0.2) is 18.2 Å². The van der Waals surface area contributed by atoms with Crippen LogP contribution in [0.1, 0.15) is 5.56 Å². The average Bonchev–Trinajstić information content (AvgIpc) is 2.74. The van der Waals surface area contributed by atoms with Crippen LogP contribution >= 0.6 is 0 Å². The van der Waals surface area contributed by atoms with Crippen LogP contribution in [-0.4, -0.2) is 26.9 Å². The number of methoxy groups -OCH3 is 2. The van der Waals surface area contributed by atoms with Crippen molar-refractivity contribution in [2.24, 2.45) is 0 Å². The van der Waals surface area contributed by atoms with Gasteiger partial charge in [-0.3, -0.25) is 0 Å². The summed E-state index contributed by atoms with van der Waals surface area (Å²) < 4.78 is 15.2. The zero-order chi connectivity index (χ0) is 12.3. The lowest BCUT2D eigenvalue weighted by Gasteiger charge is -2.10. The second kappa shape index (κ2) is 4.78. The first-order valence-corrected chi connectivity index (χ1v) is 5.10. The first-order chi connectivity index (χ1) is 8.26. The normalized spacial score (nSPS) is 16.6. The van der Waals surface area contributed by atoms with Crippen molar-refractivity contribution in [3.05, 3.63) is 29.5 Å². The highest BCUT2D eigenvalue weighted by atomic mass is 16.6. The van der Waals surface area contributed by atoms with Crippen molar-refractivity contribution in [2.75, 3.05) is 21.0 Å². The van der Waals surface area contributed by atoms with Crippen LogP contribution in [0.5, 0.6) is 11.5 Å². The van der Waals surface area contributed by atoms with Gasteiger partial charge in [0.2, 0.25) is 0 Å². The Balaban J connectivity index is 2.41. The molecule has 1 fully saturated rings. The van der Waals surface area contributed by atoms with E-state index in [1.54, 1.807) is 26.4 Å². The van der Waals surface area contributed by atoms with E-state index in [1.165, 1.54) is 0 Å². The van der Waals surface area contributed by atoms with Gasteiger partial charge in [-0.2, -0.15) is 0 Å². The highest BCUT2D eigenvalue weighted by Crippen LogP contribution is 2.32. The molecule has 0 bridgehead atoms. The van der Waals surface area contributed by atoms with Crippen LogP contribution in [0.25, 0.3) is 6.08 Å². The summed E-state index contributed by atoms with van der Waals surface area (Å²) in [7, 11) is 3.12. The highest BCUT2D eigenvalue weighted by Gasteiger charge is 2.19. The van der Waals surface area contributed by atoms with Crippen molar-refractivity contribution in [2.45, 2.75) is 0 Å². The third kappa shape index (κ3) is 2.18. The Morgan fingerprint density at radius 3 is 2.76 bits per heavy atom. The maximum absolute atomic E-state index is 11.3. The summed E-state index contributed by atoms with van der Waals surface area (Å²) in [4.78, 5) is 11.3. The molecule has 0 amide bonds. The highest BCUT2D eigenvalue weighted by molar-refractivity contribution is 5.95. The fraction of sp³-hybridized carbons (Fsp3) is 0.250. The quantitative estimate of drug-likeness (QED) is 0.629. The predicted octanol–water partition coefficient (Wildman–Crippen LogP) is 1.15. The van der Waals surface area contributed by atoms with E-state index in [1.807, 2.05) is 12.1 Å². The number of nitrogens with one attached hydrogen (secondary N) is 1. The van der Waals surface area contributed by atoms with Crippen molar-refractivity contribution in [1.82, 2.24) is 5.32 Å². The molecule has 0 aliphatic carbocycles. The zero-order valence-electron chi connectivity index (χ0n) is 9.65. The third-order valence-electron chi connectivity index (χ3n) is 2.42. The van der Waals surface area contributed by atoms with Crippen LogP contribution in [0.3, 0.4) is 0 Å². The second-order valence-electron chi connectivity index (χ2n) is 3.39. The number of hydrogen-bond acceptors (Lipinski definition) is 5. The standard InChI is InChI=1S/C12H13NO4/c1-15-10-5-3-4-8(11(10)16-2)6-9-12(14)17-7-13-9/h3-6,13H,7H2,1-2H3/b9-6-. The molecular formula is C12H13NO4. The molecule has 1 N–H and O–H groups in total. The van der Waals surface area contributed by atoms with Gasteiger partial charge in [0.25, 0.3) is 0 Å². The Morgan fingerprint density at radius 2 is 2.18 bits per heavy atom. The summed E-state index contributed by atoms with van der Waals surface area (Å²) >= 11 is 0. The van der Waals surface area contributed by atoms with E-state index in [-0.39, 0.29) is 12.7 Å². The lowest BCUT2D eigenvalue weighted by Crippen LogP contribution is -2.06. The Hall–Kier alpha value is -2.17. The monoisotopic (exact) mass is 235 g/mol. The maximum Gasteiger partial charge on any atom is 0.356 e. The van der Waals surface area contributed by atoms with Gasteiger partial charge in [0.05, 0.1) is 14.2 Å². The number of cyclic esters (lactones) is 1. The first kappa shape index (κ1) is 11.3. The van der Waals surface area contributed by atoms with E-state index in [0.29, 0.717) is 17.2 Å². The zero-order valence-corrected chi connectivity index (χ0v) is 9.65. The van der Waals surface area contributed by atoms with E-state index in [4.69, 9.17) is 14.2 Å². The van der Waals surface area contributed by atoms with Crippen molar-refractivity contribution >= 4 is 12.0 Å². The number of para-hydroxylation sites is 1. The number of esters is 1. The molecule has 0 unspecified atom stereocenters. The molecule has 1 heterocycles. The molecule has 0 aromatic heterocycles. The molecule has 90 valence electrons. The molecule has 0 spiro atoms. The predicted molar refractivity (Wildman–Crippen MR) is 61.6 cm³/mol. The molecule has 0 radical (unpaired) electrons. The number of hydrogen-bond donors (Lipinski definition) is 1. The van der Waals surface area contributed by atoms with Gasteiger partial charge in [-0.25, -0.2) is 4.79 Å². The minimum absolute atomic E-state index is 0.205. The van der Waals surface area contributed by atoms with Crippen molar-refractivity contribution in [3.8, 4) is 11.5 Å². The number of rotatable bonds is 3. The Bertz CT molecular complexity index is 468. The van der Waals surface area contributed by atoms with E-state index in [2.05, 4.69) is 5.32 Å². The van der Waals surface area contributed by atoms with Gasteiger partial charge < -0.3 is 19.5 Å². The SMILES string of the molecule is COc1cccc(/C=C2\NCOC2=O)c1OC. The van der Waals surface area contributed by atoms with Crippen LogP contribution in [0.2, 0.25) is 0 Å². The van der Waals surface area contributed by atoms with Crippen molar-refractivity contribution in [1.29, 1.82) is 0 Å². The lowest BCUT2D eigenvalue weighted by atomic mass is 10.1. The third-order valence-corrected chi connectivity index (χ3v) is 2.42. The van der Waals surface area contributed by atoms with Crippen molar-refractivity contribution in [3.63, 3.8) is 0 Å². The lowest BCUT2D eigenvalue weighted by molar-refractivity contribution is -0.135. The molecule has 2 rings (SSSR count). The van der Waals surface area contributed by atoms with Gasteiger partial charge in [0.1, 0.15) is 5.70 Å². The van der Waals surface area contributed by atoms with Crippen LogP contribution in [0.4, 0.5) is 0 Å². The van der Waals surface area contributed by atoms with Crippen LogP contribution in [0, 0.1) is 0 Å². The fourth-order valence-electron chi connectivity index (χ4n) is 1.62. The molecule has 0 saturated carbocycles. The van der Waals surface area contributed by atoms with Gasteiger partial charge in [-0.1, -0.05) is 12.1 Å². The topological polar surface area (TPSA) is 56.8 Å². The number of carbonyl (C=O) groups excluding carboxylic acids is 1. The summed E-state index contributed by atoms with van der Waals surface area (Å²) in [5.41, 5.74) is 1.17. The van der Waals surface area contributed by atoms with E-state index in [0.717, 1.165) is 5.56 Å². The summed E-state index contributed by atoms with van der Waals surface area (Å²) in [5, 5.41) is 2.84. The van der Waals surface area contributed by atoms with Crippen LogP contribution in [-0.2, 0) is 9.53 Å². The second-order valence-corrected chi connectivity index (χ2v) is 3.39. The van der Waals surface area contributed by atoms with Crippen LogP contribution < -0.4 is 14.8 Å². The molecular weight excluding hydrogens is 222 g/mol. The van der Waals surface area contributed by atoms with Crippen molar-refractivity contribution < 1.29 is 19.0 Å². The van der Waals surface area contributed by atoms with Gasteiger partial charge >= 0.3 is 5.97 Å². The number of benzene rings is 1. The Labute approximate surface area is 99.0 Å². The molecule has 1 saturated heterocycles. The van der Waals surface area contributed by atoms with E-state index >= 15 is 0 Å². The number of ether oxygens (including phenoxy) is 3. The number of carbonyl (C=O) groups is 1. The molecule has 5 nitrogen and oxygen atoms in total. The minimum Gasteiger partial charge on any atom is -0.493 e. The summed E-state index contributed by atoms with van der Waals surface area (Å²) in [6.07, 6.45) is 1.68. The molecule has 5 heteroatoms. The Kier molecular flexibility index (Phi) is 3.18.